The zero-order valence-corrected chi connectivity index (χ0v) is 11.5. The van der Waals surface area contributed by atoms with Gasteiger partial charge in [0.25, 0.3) is 0 Å². The van der Waals surface area contributed by atoms with Crippen LogP contribution in [0.15, 0.2) is 36.4 Å². The van der Waals surface area contributed by atoms with E-state index in [-0.39, 0.29) is 11.5 Å². The van der Waals surface area contributed by atoms with Crippen LogP contribution in [-0.4, -0.2) is 11.0 Å². The van der Waals surface area contributed by atoms with Crippen molar-refractivity contribution >= 4 is 10.9 Å². The van der Waals surface area contributed by atoms with Crippen molar-refractivity contribution < 1.29 is 0 Å². The first kappa shape index (κ1) is 13.0. The van der Waals surface area contributed by atoms with E-state index < -0.39 is 0 Å². The van der Waals surface area contributed by atoms with Gasteiger partial charge in [-0.05, 0) is 37.3 Å². The van der Waals surface area contributed by atoms with E-state index >= 15 is 0 Å². The highest BCUT2D eigenvalue weighted by molar-refractivity contribution is 5.78. The van der Waals surface area contributed by atoms with E-state index in [9.17, 15) is 0 Å². The van der Waals surface area contributed by atoms with E-state index in [0.29, 0.717) is 0 Å². The molecule has 0 saturated heterocycles. The van der Waals surface area contributed by atoms with Gasteiger partial charge in [0.05, 0.1) is 5.52 Å². The number of hydrogen-bond acceptors (Lipinski definition) is 2. The minimum absolute atomic E-state index is 0.198. The van der Waals surface area contributed by atoms with Gasteiger partial charge >= 0.3 is 0 Å². The second kappa shape index (κ2) is 5.07. The molecule has 2 aromatic rings. The van der Waals surface area contributed by atoms with Crippen molar-refractivity contribution in [2.45, 2.75) is 39.7 Å². The van der Waals surface area contributed by atoms with Crippen molar-refractivity contribution in [2.24, 2.45) is 11.1 Å². The van der Waals surface area contributed by atoms with Crippen LogP contribution in [0.25, 0.3) is 10.9 Å². The van der Waals surface area contributed by atoms with Crippen LogP contribution < -0.4 is 5.73 Å². The van der Waals surface area contributed by atoms with Crippen molar-refractivity contribution in [3.63, 3.8) is 0 Å². The second-order valence-corrected chi connectivity index (χ2v) is 6.02. The molecule has 0 bridgehead atoms. The van der Waals surface area contributed by atoms with E-state index in [2.05, 4.69) is 45.0 Å². The van der Waals surface area contributed by atoms with Gasteiger partial charge in [-0.25, -0.2) is 0 Å². The third kappa shape index (κ3) is 3.30. The van der Waals surface area contributed by atoms with Crippen LogP contribution in [0.1, 0.15) is 32.9 Å². The van der Waals surface area contributed by atoms with Crippen LogP contribution in [0, 0.1) is 5.41 Å². The quantitative estimate of drug-likeness (QED) is 0.890. The number of nitrogens with zero attached hydrogens (tertiary/aromatic N) is 1. The highest BCUT2D eigenvalue weighted by atomic mass is 14.7. The minimum Gasteiger partial charge on any atom is -0.328 e. The molecule has 1 aromatic heterocycles. The number of rotatable bonds is 4. The summed E-state index contributed by atoms with van der Waals surface area (Å²) in [7, 11) is 0. The third-order valence-corrected chi connectivity index (χ3v) is 3.19. The largest absolute Gasteiger partial charge is 0.328 e. The smallest absolute Gasteiger partial charge is 0.0705 e. The van der Waals surface area contributed by atoms with Crippen molar-refractivity contribution in [3.8, 4) is 0 Å². The van der Waals surface area contributed by atoms with Crippen molar-refractivity contribution in [3.05, 3.63) is 42.1 Å². The molecular formula is C16H22N2. The Morgan fingerprint density at radius 3 is 2.61 bits per heavy atom. The summed E-state index contributed by atoms with van der Waals surface area (Å²) in [6.45, 7) is 6.58. The fraction of sp³-hybridized carbons (Fsp3) is 0.438. The average Bonchev–Trinajstić information content (AvgIpc) is 2.26. The molecule has 1 atom stereocenters. The van der Waals surface area contributed by atoms with Crippen LogP contribution in [0.4, 0.5) is 0 Å². The summed E-state index contributed by atoms with van der Waals surface area (Å²) in [5.74, 6) is 0. The van der Waals surface area contributed by atoms with Crippen LogP contribution in [0.5, 0.6) is 0 Å². The van der Waals surface area contributed by atoms with Crippen molar-refractivity contribution in [2.75, 3.05) is 0 Å². The minimum atomic E-state index is 0.198. The lowest BCUT2D eigenvalue weighted by molar-refractivity contribution is 0.307. The van der Waals surface area contributed by atoms with Gasteiger partial charge in [0.15, 0.2) is 0 Å². The number of nitrogens with two attached hydrogens (primary N) is 1. The van der Waals surface area contributed by atoms with E-state index in [1.165, 1.54) is 5.39 Å². The van der Waals surface area contributed by atoms with Gasteiger partial charge in [-0.2, -0.15) is 0 Å². The Bertz CT molecular complexity index is 529. The van der Waals surface area contributed by atoms with Crippen molar-refractivity contribution in [1.29, 1.82) is 0 Å². The van der Waals surface area contributed by atoms with E-state index in [1.807, 2.05) is 12.1 Å². The molecule has 0 radical (unpaired) electrons. The van der Waals surface area contributed by atoms with Gasteiger partial charge < -0.3 is 5.73 Å². The highest BCUT2D eigenvalue weighted by Gasteiger charge is 2.20. The average molecular weight is 242 g/mol. The second-order valence-electron chi connectivity index (χ2n) is 6.02. The molecule has 2 N–H and O–H groups in total. The van der Waals surface area contributed by atoms with Crippen LogP contribution >= 0.6 is 0 Å². The summed E-state index contributed by atoms with van der Waals surface area (Å²) in [6, 6.07) is 12.8. The van der Waals surface area contributed by atoms with Crippen LogP contribution in [0.2, 0.25) is 0 Å². The lowest BCUT2D eigenvalue weighted by Gasteiger charge is -2.26. The number of fused-ring (bicyclic) bond motifs is 1. The van der Waals surface area contributed by atoms with Gasteiger partial charge in [-0.1, -0.05) is 38.1 Å². The lowest BCUT2D eigenvalue weighted by Crippen LogP contribution is -2.26. The van der Waals surface area contributed by atoms with Gasteiger partial charge in [-0.15, -0.1) is 0 Å². The highest BCUT2D eigenvalue weighted by Crippen LogP contribution is 2.27. The molecular weight excluding hydrogens is 220 g/mol. The lowest BCUT2D eigenvalue weighted by atomic mass is 9.82. The SMILES string of the molecule is CC(N)CC(C)(C)Cc1ccc2ccccc2n1. The Balaban J connectivity index is 2.21. The van der Waals surface area contributed by atoms with Crippen LogP contribution in [0.3, 0.4) is 0 Å². The molecule has 1 heterocycles. The molecule has 0 aliphatic heterocycles. The van der Waals surface area contributed by atoms with E-state index in [1.54, 1.807) is 0 Å². The first-order valence-electron chi connectivity index (χ1n) is 6.56. The van der Waals surface area contributed by atoms with Gasteiger partial charge in [-0.3, -0.25) is 4.98 Å². The fourth-order valence-electron chi connectivity index (χ4n) is 2.64. The maximum absolute atomic E-state index is 5.90. The van der Waals surface area contributed by atoms with Gasteiger partial charge in [0.1, 0.15) is 0 Å². The summed E-state index contributed by atoms with van der Waals surface area (Å²) >= 11 is 0. The Hall–Kier alpha value is -1.41. The Kier molecular flexibility index (Phi) is 3.67. The molecule has 1 unspecified atom stereocenters. The maximum atomic E-state index is 5.90. The molecule has 1 aromatic carbocycles. The molecule has 2 rings (SSSR count). The molecule has 2 nitrogen and oxygen atoms in total. The summed E-state index contributed by atoms with van der Waals surface area (Å²) < 4.78 is 0. The standard InChI is InChI=1S/C16H22N2/c1-12(17)10-16(2,3)11-14-9-8-13-6-4-5-7-15(13)18-14/h4-9,12H,10-11,17H2,1-3H3. The molecule has 2 heteroatoms. The number of aromatic nitrogens is 1. The monoisotopic (exact) mass is 242 g/mol. The zero-order chi connectivity index (χ0) is 13.2. The Labute approximate surface area is 109 Å². The van der Waals surface area contributed by atoms with E-state index in [4.69, 9.17) is 10.7 Å². The Morgan fingerprint density at radius 2 is 1.89 bits per heavy atom. The summed E-state index contributed by atoms with van der Waals surface area (Å²) in [6.07, 6.45) is 1.99. The first-order valence-corrected chi connectivity index (χ1v) is 6.56. The predicted molar refractivity (Wildman–Crippen MR) is 77.5 cm³/mol. The topological polar surface area (TPSA) is 38.9 Å². The molecule has 0 spiro atoms. The first-order chi connectivity index (χ1) is 8.46. The zero-order valence-electron chi connectivity index (χ0n) is 11.5. The molecule has 96 valence electrons. The molecule has 0 saturated carbocycles. The molecule has 18 heavy (non-hydrogen) atoms. The molecule has 0 amide bonds. The number of hydrogen-bond donors (Lipinski definition) is 1. The molecule has 0 aliphatic carbocycles. The van der Waals surface area contributed by atoms with Crippen molar-refractivity contribution in [1.82, 2.24) is 4.98 Å². The fourth-order valence-corrected chi connectivity index (χ4v) is 2.64. The summed E-state index contributed by atoms with van der Waals surface area (Å²) in [4.78, 5) is 4.73. The van der Waals surface area contributed by atoms with Crippen LogP contribution in [-0.2, 0) is 6.42 Å². The summed E-state index contributed by atoms with van der Waals surface area (Å²) in [5, 5.41) is 1.20. The molecule has 0 fully saturated rings. The van der Waals surface area contributed by atoms with Gasteiger partial charge in [0, 0.05) is 17.1 Å². The summed E-state index contributed by atoms with van der Waals surface area (Å²) in [5.41, 5.74) is 8.33. The third-order valence-electron chi connectivity index (χ3n) is 3.19. The normalized spacial score (nSPS) is 13.8. The van der Waals surface area contributed by atoms with E-state index in [0.717, 1.165) is 24.1 Å². The molecule has 0 aliphatic rings. The van der Waals surface area contributed by atoms with Gasteiger partial charge in [0.2, 0.25) is 0 Å². The Morgan fingerprint density at radius 1 is 1.17 bits per heavy atom. The predicted octanol–water partition coefficient (Wildman–Crippen LogP) is 3.54. The number of benzene rings is 1. The number of para-hydroxylation sites is 1. The number of pyridine rings is 1. The maximum Gasteiger partial charge on any atom is 0.0705 e.